The van der Waals surface area contributed by atoms with Crippen molar-refractivity contribution < 1.29 is 23.8 Å². The van der Waals surface area contributed by atoms with Crippen molar-refractivity contribution >= 4 is 40.8 Å². The fourth-order valence-corrected chi connectivity index (χ4v) is 4.84. The number of carbonyl (C=O) groups excluding carboxylic acids is 2. The van der Waals surface area contributed by atoms with Crippen LogP contribution in [-0.4, -0.2) is 33.2 Å². The van der Waals surface area contributed by atoms with Gasteiger partial charge in [0.25, 0.3) is 0 Å². The molecule has 8 heteroatoms. The lowest BCUT2D eigenvalue weighted by Crippen LogP contribution is -2.39. The van der Waals surface area contributed by atoms with Gasteiger partial charge in [-0.25, -0.2) is 4.79 Å². The summed E-state index contributed by atoms with van der Waals surface area (Å²) in [5, 5.41) is 0.847. The van der Waals surface area contributed by atoms with Gasteiger partial charge in [-0.05, 0) is 66.6 Å². The first-order valence-corrected chi connectivity index (χ1v) is 11.2. The SMILES string of the molecule is COC(=O)c1ccc(Cl)c([C@]2(C)C(=O)N(Cc3ccc(OC)cc3OC)c3ccc(Cl)cc32)c1. The molecule has 0 fully saturated rings. The predicted octanol–water partition coefficient (Wildman–Crippen LogP) is 5.65. The zero-order valence-electron chi connectivity index (χ0n) is 19.1. The number of anilines is 1. The van der Waals surface area contributed by atoms with E-state index in [9.17, 15) is 9.59 Å². The number of hydrogen-bond donors (Lipinski definition) is 0. The Morgan fingerprint density at radius 1 is 0.941 bits per heavy atom. The first kappa shape index (κ1) is 23.9. The third kappa shape index (κ3) is 3.87. The molecule has 0 aromatic heterocycles. The van der Waals surface area contributed by atoms with Crippen LogP contribution < -0.4 is 14.4 Å². The summed E-state index contributed by atoms with van der Waals surface area (Å²) in [6, 6.07) is 15.5. The molecular weight excluding hydrogens is 477 g/mol. The minimum atomic E-state index is -1.18. The molecule has 0 saturated carbocycles. The van der Waals surface area contributed by atoms with E-state index in [0.717, 1.165) is 5.56 Å². The molecule has 34 heavy (non-hydrogen) atoms. The van der Waals surface area contributed by atoms with Gasteiger partial charge in [0, 0.05) is 27.4 Å². The van der Waals surface area contributed by atoms with Crippen molar-refractivity contribution in [3.05, 3.63) is 86.9 Å². The third-order valence-corrected chi connectivity index (χ3v) is 6.77. The highest BCUT2D eigenvalue weighted by Gasteiger charge is 2.50. The van der Waals surface area contributed by atoms with Crippen molar-refractivity contribution in [3.63, 3.8) is 0 Å². The molecule has 3 aromatic carbocycles. The summed E-state index contributed by atoms with van der Waals surface area (Å²) >= 11 is 12.9. The number of fused-ring (bicyclic) bond motifs is 1. The number of halogens is 2. The van der Waals surface area contributed by atoms with Gasteiger partial charge in [-0.3, -0.25) is 4.79 Å². The van der Waals surface area contributed by atoms with E-state index in [1.54, 1.807) is 62.4 Å². The van der Waals surface area contributed by atoms with Gasteiger partial charge in [-0.15, -0.1) is 0 Å². The van der Waals surface area contributed by atoms with E-state index < -0.39 is 11.4 Å². The summed E-state index contributed by atoms with van der Waals surface area (Å²) in [6.45, 7) is 2.04. The average molecular weight is 500 g/mol. The fraction of sp³-hybridized carbons (Fsp3) is 0.231. The molecular formula is C26H23Cl2NO5. The second-order valence-electron chi connectivity index (χ2n) is 8.04. The van der Waals surface area contributed by atoms with Crippen LogP contribution in [0.2, 0.25) is 10.0 Å². The van der Waals surface area contributed by atoms with Gasteiger partial charge in [0.05, 0.1) is 33.4 Å². The van der Waals surface area contributed by atoms with E-state index >= 15 is 0 Å². The molecule has 1 aliphatic rings. The lowest BCUT2D eigenvalue weighted by molar-refractivity contribution is -0.121. The van der Waals surface area contributed by atoms with Gasteiger partial charge < -0.3 is 19.1 Å². The van der Waals surface area contributed by atoms with Gasteiger partial charge in [-0.2, -0.15) is 0 Å². The van der Waals surface area contributed by atoms with Crippen LogP contribution in [0, 0.1) is 0 Å². The highest BCUT2D eigenvalue weighted by Crippen LogP contribution is 2.49. The minimum Gasteiger partial charge on any atom is -0.497 e. The number of methoxy groups -OCH3 is 3. The summed E-state index contributed by atoms with van der Waals surface area (Å²) in [6.07, 6.45) is 0. The van der Waals surface area contributed by atoms with Crippen molar-refractivity contribution in [2.75, 3.05) is 26.2 Å². The monoisotopic (exact) mass is 499 g/mol. The summed E-state index contributed by atoms with van der Waals surface area (Å²) in [5.41, 5.74) is 1.82. The number of hydrogen-bond acceptors (Lipinski definition) is 5. The summed E-state index contributed by atoms with van der Waals surface area (Å²) in [5.74, 6) is 0.531. The number of amides is 1. The van der Waals surface area contributed by atoms with Crippen LogP contribution in [-0.2, 0) is 21.5 Å². The second-order valence-corrected chi connectivity index (χ2v) is 8.89. The zero-order chi connectivity index (χ0) is 24.6. The number of ether oxygens (including phenoxy) is 3. The van der Waals surface area contributed by atoms with Crippen LogP contribution in [0.3, 0.4) is 0 Å². The molecule has 0 unspecified atom stereocenters. The molecule has 6 nitrogen and oxygen atoms in total. The smallest absolute Gasteiger partial charge is 0.337 e. The molecule has 0 spiro atoms. The standard InChI is InChI=1S/C26H23Cl2NO5/c1-26(19-11-15(24(30)34-4)6-9-21(19)28)20-12-17(27)7-10-22(20)29(25(26)31)14-16-5-8-18(32-2)13-23(16)33-3/h5-13H,14H2,1-4H3/t26-/m0/s1. The van der Waals surface area contributed by atoms with E-state index in [-0.39, 0.29) is 12.5 Å². The predicted molar refractivity (Wildman–Crippen MR) is 131 cm³/mol. The maximum Gasteiger partial charge on any atom is 0.337 e. The van der Waals surface area contributed by atoms with Gasteiger partial charge in [-0.1, -0.05) is 23.2 Å². The maximum atomic E-state index is 14.1. The second kappa shape index (κ2) is 9.20. The van der Waals surface area contributed by atoms with Gasteiger partial charge >= 0.3 is 5.97 Å². The summed E-state index contributed by atoms with van der Waals surface area (Å²) < 4.78 is 15.7. The molecule has 1 heterocycles. The van der Waals surface area contributed by atoms with E-state index in [1.165, 1.54) is 7.11 Å². The number of nitrogens with zero attached hydrogens (tertiary/aromatic N) is 1. The Kier molecular flexibility index (Phi) is 6.47. The van der Waals surface area contributed by atoms with E-state index in [4.69, 9.17) is 37.4 Å². The molecule has 0 aliphatic carbocycles. The lowest BCUT2D eigenvalue weighted by Gasteiger charge is -2.27. The van der Waals surface area contributed by atoms with E-state index in [2.05, 4.69) is 0 Å². The maximum absolute atomic E-state index is 14.1. The Balaban J connectivity index is 1.86. The van der Waals surface area contributed by atoms with Crippen molar-refractivity contribution in [3.8, 4) is 11.5 Å². The molecule has 3 aromatic rings. The first-order chi connectivity index (χ1) is 16.2. The van der Waals surface area contributed by atoms with Crippen LogP contribution >= 0.6 is 23.2 Å². The Bertz CT molecular complexity index is 1290. The zero-order valence-corrected chi connectivity index (χ0v) is 20.7. The molecule has 176 valence electrons. The van der Waals surface area contributed by atoms with Gasteiger partial charge in [0.1, 0.15) is 16.9 Å². The topological polar surface area (TPSA) is 65.1 Å². The van der Waals surface area contributed by atoms with Crippen molar-refractivity contribution in [1.29, 1.82) is 0 Å². The number of rotatable bonds is 6. The largest absolute Gasteiger partial charge is 0.497 e. The minimum absolute atomic E-state index is 0.202. The molecule has 0 bridgehead atoms. The Morgan fingerprint density at radius 3 is 2.38 bits per heavy atom. The quantitative estimate of drug-likeness (QED) is 0.410. The average Bonchev–Trinajstić information content (AvgIpc) is 3.05. The molecule has 0 saturated heterocycles. The number of benzene rings is 3. The van der Waals surface area contributed by atoms with Crippen molar-refractivity contribution in [1.82, 2.24) is 0 Å². The van der Waals surface area contributed by atoms with Crippen molar-refractivity contribution in [2.24, 2.45) is 0 Å². The Morgan fingerprint density at radius 2 is 1.71 bits per heavy atom. The third-order valence-electron chi connectivity index (χ3n) is 6.21. The summed E-state index contributed by atoms with van der Waals surface area (Å²) in [7, 11) is 4.45. The van der Waals surface area contributed by atoms with E-state index in [0.29, 0.717) is 43.9 Å². The number of carbonyl (C=O) groups is 2. The van der Waals surface area contributed by atoms with Crippen LogP contribution in [0.15, 0.2) is 54.6 Å². The van der Waals surface area contributed by atoms with Crippen molar-refractivity contribution in [2.45, 2.75) is 18.9 Å². The van der Waals surface area contributed by atoms with Crippen LogP contribution in [0.1, 0.15) is 34.0 Å². The highest BCUT2D eigenvalue weighted by molar-refractivity contribution is 6.33. The summed E-state index contributed by atoms with van der Waals surface area (Å²) in [4.78, 5) is 27.9. The Labute approximate surface area is 207 Å². The lowest BCUT2D eigenvalue weighted by atomic mass is 9.76. The molecule has 4 rings (SSSR count). The van der Waals surface area contributed by atoms with Gasteiger partial charge in [0.2, 0.25) is 5.91 Å². The van der Waals surface area contributed by atoms with Crippen LogP contribution in [0.25, 0.3) is 0 Å². The van der Waals surface area contributed by atoms with Crippen LogP contribution in [0.5, 0.6) is 11.5 Å². The molecule has 1 atom stereocenters. The highest BCUT2D eigenvalue weighted by atomic mass is 35.5. The van der Waals surface area contributed by atoms with Crippen LogP contribution in [0.4, 0.5) is 5.69 Å². The first-order valence-electron chi connectivity index (χ1n) is 10.5. The fourth-order valence-electron chi connectivity index (χ4n) is 4.36. The van der Waals surface area contributed by atoms with Gasteiger partial charge in [0.15, 0.2) is 0 Å². The Hall–Kier alpha value is -3.22. The van der Waals surface area contributed by atoms with E-state index in [1.807, 2.05) is 18.2 Å². The number of esters is 1. The normalized spacial score (nSPS) is 16.9. The molecule has 0 radical (unpaired) electrons. The molecule has 1 aliphatic heterocycles. The molecule has 0 N–H and O–H groups in total. The molecule has 1 amide bonds.